The van der Waals surface area contributed by atoms with E-state index in [2.05, 4.69) is 19.2 Å². The van der Waals surface area contributed by atoms with Gasteiger partial charge in [0.05, 0.1) is 11.4 Å². The van der Waals surface area contributed by atoms with Crippen LogP contribution in [0, 0.1) is 19.8 Å². The largest absolute Gasteiger partial charge is 0.354 e. The van der Waals surface area contributed by atoms with E-state index in [1.54, 1.807) is 25.1 Å². The molecule has 2 aromatic carbocycles. The Labute approximate surface area is 196 Å². The number of carbonyl (C=O) groups is 2. The van der Waals surface area contributed by atoms with Gasteiger partial charge in [-0.1, -0.05) is 44.2 Å². The van der Waals surface area contributed by atoms with Crippen molar-refractivity contribution in [3.05, 3.63) is 59.7 Å². The summed E-state index contributed by atoms with van der Waals surface area (Å²) in [5.41, 5.74) is 1.00. The third-order valence-corrected chi connectivity index (χ3v) is 7.83. The second kappa shape index (κ2) is 9.65. The average molecular weight is 472 g/mol. The Morgan fingerprint density at radius 1 is 1.12 bits per heavy atom. The lowest BCUT2D eigenvalue weighted by Crippen LogP contribution is -2.70. The van der Waals surface area contributed by atoms with Gasteiger partial charge in [0.15, 0.2) is 0 Å². The van der Waals surface area contributed by atoms with Crippen LogP contribution in [0.15, 0.2) is 53.4 Å². The van der Waals surface area contributed by atoms with Crippen molar-refractivity contribution in [1.29, 1.82) is 0 Å². The average Bonchev–Trinajstić information content (AvgIpc) is 2.75. The highest BCUT2D eigenvalue weighted by atomic mass is 32.2. The van der Waals surface area contributed by atoms with Crippen LogP contribution >= 0.6 is 0 Å². The van der Waals surface area contributed by atoms with Crippen molar-refractivity contribution in [2.45, 2.75) is 51.5 Å². The Morgan fingerprint density at radius 3 is 2.42 bits per heavy atom. The fourth-order valence-corrected chi connectivity index (χ4v) is 5.58. The lowest BCUT2D eigenvalue weighted by Gasteiger charge is -2.47. The molecule has 1 aliphatic heterocycles. The lowest BCUT2D eigenvalue weighted by atomic mass is 9.93. The summed E-state index contributed by atoms with van der Waals surface area (Å²) >= 11 is 0. The minimum Gasteiger partial charge on any atom is -0.354 e. The van der Waals surface area contributed by atoms with E-state index in [1.807, 2.05) is 32.0 Å². The van der Waals surface area contributed by atoms with Crippen LogP contribution in [0.2, 0.25) is 0 Å². The fraction of sp³-hybridized carbons (Fsp3) is 0.440. The topological polar surface area (TPSA) is 86.8 Å². The van der Waals surface area contributed by atoms with Gasteiger partial charge in [0.1, 0.15) is 5.54 Å². The number of amides is 2. The first-order chi connectivity index (χ1) is 15.5. The van der Waals surface area contributed by atoms with Crippen molar-refractivity contribution in [3.63, 3.8) is 0 Å². The Morgan fingerprint density at radius 2 is 1.79 bits per heavy atom. The first-order valence-electron chi connectivity index (χ1n) is 11.2. The van der Waals surface area contributed by atoms with Gasteiger partial charge in [-0.3, -0.25) is 14.5 Å². The summed E-state index contributed by atoms with van der Waals surface area (Å²) < 4.78 is 27.8. The van der Waals surface area contributed by atoms with E-state index >= 15 is 0 Å². The van der Waals surface area contributed by atoms with Crippen molar-refractivity contribution in [1.82, 2.24) is 9.62 Å². The van der Waals surface area contributed by atoms with Gasteiger partial charge < -0.3 is 5.32 Å². The normalized spacial score (nSPS) is 19.7. The van der Waals surface area contributed by atoms with E-state index in [4.69, 9.17) is 0 Å². The monoisotopic (exact) mass is 471 g/mol. The minimum atomic E-state index is -3.95. The summed E-state index contributed by atoms with van der Waals surface area (Å²) in [6, 6.07) is 13.7. The molecule has 1 aliphatic rings. The van der Waals surface area contributed by atoms with Gasteiger partial charge in [0.2, 0.25) is 21.8 Å². The van der Waals surface area contributed by atoms with Gasteiger partial charge in [-0.2, -0.15) is 4.31 Å². The Hall–Kier alpha value is -2.71. The van der Waals surface area contributed by atoms with Crippen LogP contribution in [-0.2, 0) is 19.6 Å². The Kier molecular flexibility index (Phi) is 7.29. The molecule has 0 spiro atoms. The summed E-state index contributed by atoms with van der Waals surface area (Å²) in [4.78, 5) is 28.6. The zero-order chi connectivity index (χ0) is 24.4. The maximum Gasteiger partial charge on any atom is 0.247 e. The van der Waals surface area contributed by atoms with E-state index in [0.717, 1.165) is 21.9 Å². The number of nitrogens with zero attached hydrogens (tertiary/aromatic N) is 2. The summed E-state index contributed by atoms with van der Waals surface area (Å²) in [7, 11) is -3.95. The number of piperazine rings is 1. The number of carbonyl (C=O) groups excluding carboxylic acids is 2. The molecular weight excluding hydrogens is 438 g/mol. The molecule has 1 N–H and O–H groups in total. The molecule has 1 fully saturated rings. The number of sulfonamides is 1. The van der Waals surface area contributed by atoms with Crippen LogP contribution in [0.25, 0.3) is 0 Å². The van der Waals surface area contributed by atoms with Gasteiger partial charge in [-0.15, -0.1) is 0 Å². The van der Waals surface area contributed by atoms with Crippen LogP contribution in [-0.4, -0.2) is 49.7 Å². The summed E-state index contributed by atoms with van der Waals surface area (Å²) in [6.07, 6.45) is 0.783. The molecule has 0 unspecified atom stereocenters. The highest BCUT2D eigenvalue weighted by Gasteiger charge is 2.51. The van der Waals surface area contributed by atoms with Crippen molar-refractivity contribution in [2.75, 3.05) is 24.5 Å². The van der Waals surface area contributed by atoms with E-state index in [0.29, 0.717) is 18.2 Å². The highest BCUT2D eigenvalue weighted by Crippen LogP contribution is 2.34. The fourth-order valence-electron chi connectivity index (χ4n) is 4.08. The quantitative estimate of drug-likeness (QED) is 0.672. The van der Waals surface area contributed by atoms with E-state index < -0.39 is 21.5 Å². The van der Waals surface area contributed by atoms with E-state index in [9.17, 15) is 18.0 Å². The predicted octanol–water partition coefficient (Wildman–Crippen LogP) is 3.26. The van der Waals surface area contributed by atoms with Crippen molar-refractivity contribution < 1.29 is 18.0 Å². The highest BCUT2D eigenvalue weighted by molar-refractivity contribution is 7.89. The smallest absolute Gasteiger partial charge is 0.247 e. The molecule has 0 aromatic heterocycles. The summed E-state index contributed by atoms with van der Waals surface area (Å²) in [5, 5.41) is 2.94. The maximum atomic E-state index is 13.5. The van der Waals surface area contributed by atoms with Gasteiger partial charge in [-0.05, 0) is 62.4 Å². The molecule has 2 amide bonds. The zero-order valence-corrected chi connectivity index (χ0v) is 20.8. The van der Waals surface area contributed by atoms with Crippen LogP contribution < -0.4 is 10.2 Å². The van der Waals surface area contributed by atoms with Crippen molar-refractivity contribution in [2.24, 2.45) is 5.92 Å². The molecular formula is C25H33N3O4S. The molecule has 0 aliphatic carbocycles. The standard InChI is InChI=1S/C25H33N3O4S/c1-18(2)13-14-26-24(30)25(5)17-27(33(31,32)21-9-7-6-8-10-21)16-23(29)28(25)22-15-19(3)11-12-20(22)4/h6-12,15,18H,13-14,16-17H2,1-5H3,(H,26,30)/t25-/m0/s1. The van der Waals surface area contributed by atoms with Crippen molar-refractivity contribution in [3.8, 4) is 0 Å². The molecule has 0 radical (unpaired) electrons. The SMILES string of the molecule is Cc1ccc(C)c(N2C(=O)CN(S(=O)(=O)c3ccccc3)C[C@@]2(C)C(=O)NCCC(C)C)c1. The molecule has 2 aromatic rings. The number of aryl methyl sites for hydroxylation is 2. The van der Waals surface area contributed by atoms with Gasteiger partial charge in [0, 0.05) is 18.8 Å². The van der Waals surface area contributed by atoms with Crippen LogP contribution in [0.5, 0.6) is 0 Å². The molecule has 1 atom stereocenters. The molecule has 0 saturated carbocycles. The molecule has 178 valence electrons. The third kappa shape index (κ3) is 5.12. The number of hydrogen-bond donors (Lipinski definition) is 1. The lowest BCUT2D eigenvalue weighted by molar-refractivity contribution is -0.132. The molecule has 0 bridgehead atoms. The van der Waals surface area contributed by atoms with Gasteiger partial charge >= 0.3 is 0 Å². The molecule has 8 heteroatoms. The van der Waals surface area contributed by atoms with Gasteiger partial charge in [0.25, 0.3) is 0 Å². The zero-order valence-electron chi connectivity index (χ0n) is 20.0. The molecule has 7 nitrogen and oxygen atoms in total. The number of benzene rings is 2. The first-order valence-corrected chi connectivity index (χ1v) is 12.6. The van der Waals surface area contributed by atoms with E-state index in [1.165, 1.54) is 17.0 Å². The second-order valence-corrected chi connectivity index (χ2v) is 11.3. The number of hydrogen-bond acceptors (Lipinski definition) is 4. The van der Waals surface area contributed by atoms with Crippen LogP contribution in [0.4, 0.5) is 5.69 Å². The van der Waals surface area contributed by atoms with Crippen LogP contribution in [0.3, 0.4) is 0 Å². The molecule has 33 heavy (non-hydrogen) atoms. The maximum absolute atomic E-state index is 13.5. The number of rotatable bonds is 7. The Bertz CT molecular complexity index is 1130. The first kappa shape index (κ1) is 24.9. The molecule has 3 rings (SSSR count). The third-order valence-electron chi connectivity index (χ3n) is 6.02. The number of anilines is 1. The minimum absolute atomic E-state index is 0.0977. The molecule has 1 heterocycles. The predicted molar refractivity (Wildman–Crippen MR) is 129 cm³/mol. The summed E-state index contributed by atoms with van der Waals surface area (Å²) in [6.45, 7) is 9.55. The van der Waals surface area contributed by atoms with Crippen LogP contribution in [0.1, 0.15) is 38.3 Å². The van der Waals surface area contributed by atoms with E-state index in [-0.39, 0.29) is 23.9 Å². The summed E-state index contributed by atoms with van der Waals surface area (Å²) in [5.74, 6) is -0.405. The molecule has 1 saturated heterocycles. The number of nitrogens with one attached hydrogen (secondary N) is 1. The van der Waals surface area contributed by atoms with Gasteiger partial charge in [-0.25, -0.2) is 8.42 Å². The van der Waals surface area contributed by atoms with Crippen molar-refractivity contribution >= 4 is 27.5 Å². The Balaban J connectivity index is 2.05. The second-order valence-electron chi connectivity index (χ2n) is 9.32.